The van der Waals surface area contributed by atoms with Crippen LogP contribution < -0.4 is 0 Å². The van der Waals surface area contributed by atoms with E-state index >= 15 is 0 Å². The summed E-state index contributed by atoms with van der Waals surface area (Å²) in [5.41, 5.74) is 6.68. The average molecular weight is 373 g/mol. The van der Waals surface area contributed by atoms with Gasteiger partial charge in [-0.05, 0) is 25.0 Å². The standard InChI is InChI=1S/C24H28N4/c1-19-17-23(21-9-5-3-6-10-21)27-16-14-26-20(2)18-24(28-15-13-25-19)22-11-7-4-8-12-22/h3-12H,13-18H2,1-2H3. The van der Waals surface area contributed by atoms with Gasteiger partial charge in [0, 0.05) is 35.7 Å². The number of rotatable bonds is 2. The summed E-state index contributed by atoms with van der Waals surface area (Å²) in [6.07, 6.45) is 1.53. The lowest BCUT2D eigenvalue weighted by molar-refractivity contribution is 0.952. The molecule has 1 aliphatic rings. The molecule has 3 rings (SSSR count). The van der Waals surface area contributed by atoms with Gasteiger partial charge < -0.3 is 0 Å². The highest BCUT2D eigenvalue weighted by molar-refractivity contribution is 6.12. The van der Waals surface area contributed by atoms with E-state index in [9.17, 15) is 0 Å². The van der Waals surface area contributed by atoms with Crippen molar-refractivity contribution in [2.75, 3.05) is 26.2 Å². The molecule has 0 radical (unpaired) electrons. The Balaban J connectivity index is 1.82. The second kappa shape index (κ2) is 10.5. The third-order valence-corrected chi connectivity index (χ3v) is 4.63. The highest BCUT2D eigenvalue weighted by Gasteiger charge is 2.07. The highest BCUT2D eigenvalue weighted by atomic mass is 14.9. The lowest BCUT2D eigenvalue weighted by Crippen LogP contribution is -2.12. The van der Waals surface area contributed by atoms with E-state index in [4.69, 9.17) is 20.0 Å². The number of hydrogen-bond acceptors (Lipinski definition) is 4. The van der Waals surface area contributed by atoms with Gasteiger partial charge in [-0.15, -0.1) is 0 Å². The van der Waals surface area contributed by atoms with E-state index in [0.29, 0.717) is 26.2 Å². The Kier molecular flexibility index (Phi) is 7.42. The van der Waals surface area contributed by atoms with Crippen molar-refractivity contribution in [3.63, 3.8) is 0 Å². The number of hydrogen-bond donors (Lipinski definition) is 0. The Hall–Kier alpha value is -2.88. The molecule has 0 N–H and O–H groups in total. The third kappa shape index (κ3) is 6.08. The van der Waals surface area contributed by atoms with Crippen LogP contribution in [0.25, 0.3) is 0 Å². The molecule has 0 saturated heterocycles. The van der Waals surface area contributed by atoms with Crippen molar-refractivity contribution < 1.29 is 0 Å². The molecule has 28 heavy (non-hydrogen) atoms. The first kappa shape index (κ1) is 19.9. The number of benzene rings is 2. The van der Waals surface area contributed by atoms with E-state index in [0.717, 1.165) is 46.8 Å². The van der Waals surface area contributed by atoms with Gasteiger partial charge in [-0.25, -0.2) is 0 Å². The topological polar surface area (TPSA) is 49.4 Å². The van der Waals surface area contributed by atoms with Crippen LogP contribution in [0.15, 0.2) is 80.6 Å². The van der Waals surface area contributed by atoms with E-state index in [1.807, 2.05) is 12.1 Å². The maximum Gasteiger partial charge on any atom is 0.0588 e. The predicted octanol–water partition coefficient (Wildman–Crippen LogP) is 4.68. The van der Waals surface area contributed by atoms with Gasteiger partial charge >= 0.3 is 0 Å². The van der Waals surface area contributed by atoms with Crippen LogP contribution in [0.5, 0.6) is 0 Å². The zero-order chi connectivity index (χ0) is 19.6. The third-order valence-electron chi connectivity index (χ3n) is 4.63. The summed E-state index contributed by atoms with van der Waals surface area (Å²) in [6, 6.07) is 20.7. The Morgan fingerprint density at radius 2 is 0.857 bits per heavy atom. The van der Waals surface area contributed by atoms with Crippen LogP contribution in [-0.4, -0.2) is 49.0 Å². The van der Waals surface area contributed by atoms with Gasteiger partial charge in [-0.3, -0.25) is 20.0 Å². The van der Waals surface area contributed by atoms with Crippen LogP contribution in [0.3, 0.4) is 0 Å². The Bertz CT molecular complexity index is 802. The van der Waals surface area contributed by atoms with E-state index in [1.54, 1.807) is 0 Å². The quantitative estimate of drug-likeness (QED) is 0.735. The summed E-state index contributed by atoms with van der Waals surface area (Å²) >= 11 is 0. The molecule has 0 bridgehead atoms. The molecule has 0 atom stereocenters. The summed E-state index contributed by atoms with van der Waals surface area (Å²) in [6.45, 7) is 6.92. The highest BCUT2D eigenvalue weighted by Crippen LogP contribution is 2.09. The van der Waals surface area contributed by atoms with Crippen molar-refractivity contribution in [2.45, 2.75) is 26.7 Å². The molecule has 0 spiro atoms. The largest absolute Gasteiger partial charge is 0.292 e. The monoisotopic (exact) mass is 372 g/mol. The molecule has 2 aromatic carbocycles. The molecule has 0 aliphatic carbocycles. The molecule has 144 valence electrons. The van der Waals surface area contributed by atoms with Crippen molar-refractivity contribution in [1.29, 1.82) is 0 Å². The van der Waals surface area contributed by atoms with Crippen LogP contribution in [0.2, 0.25) is 0 Å². The normalized spacial score (nSPS) is 16.9. The minimum absolute atomic E-state index is 0.687. The smallest absolute Gasteiger partial charge is 0.0588 e. The molecule has 0 unspecified atom stereocenters. The Labute approximate surface area is 167 Å². The van der Waals surface area contributed by atoms with Gasteiger partial charge in [0.05, 0.1) is 26.2 Å². The summed E-state index contributed by atoms with van der Waals surface area (Å²) in [5, 5.41) is 0. The van der Waals surface area contributed by atoms with E-state index < -0.39 is 0 Å². The van der Waals surface area contributed by atoms with Crippen molar-refractivity contribution in [3.8, 4) is 0 Å². The van der Waals surface area contributed by atoms with E-state index in [1.165, 1.54) is 0 Å². The number of nitrogens with zero attached hydrogens (tertiary/aromatic N) is 4. The summed E-state index contributed by atoms with van der Waals surface area (Å²) in [7, 11) is 0. The maximum absolute atomic E-state index is 4.84. The van der Waals surface area contributed by atoms with Crippen LogP contribution in [0.4, 0.5) is 0 Å². The van der Waals surface area contributed by atoms with Crippen LogP contribution in [-0.2, 0) is 0 Å². The van der Waals surface area contributed by atoms with Crippen LogP contribution in [0.1, 0.15) is 37.8 Å². The molecule has 1 heterocycles. The molecule has 4 nitrogen and oxygen atoms in total. The summed E-state index contributed by atoms with van der Waals surface area (Å²) in [5.74, 6) is 0. The molecule has 2 aromatic rings. The average Bonchev–Trinajstić information content (AvgIpc) is 2.73. The lowest BCUT2D eigenvalue weighted by Gasteiger charge is -2.10. The fraction of sp³-hybridized carbons (Fsp3) is 0.333. The molecule has 0 saturated carbocycles. The van der Waals surface area contributed by atoms with Crippen molar-refractivity contribution in [2.24, 2.45) is 20.0 Å². The molecule has 1 aliphatic heterocycles. The van der Waals surface area contributed by atoms with Gasteiger partial charge in [0.15, 0.2) is 0 Å². The van der Waals surface area contributed by atoms with Gasteiger partial charge in [-0.1, -0.05) is 60.7 Å². The van der Waals surface area contributed by atoms with Crippen LogP contribution in [0, 0.1) is 0 Å². The van der Waals surface area contributed by atoms with Crippen molar-refractivity contribution >= 4 is 22.8 Å². The SMILES string of the molecule is CC1=NCCN=C(c2ccccc2)CC(C)=NCCN=C(c2ccccc2)C1. The molecule has 4 heteroatoms. The Morgan fingerprint density at radius 1 is 0.500 bits per heavy atom. The second-order valence-electron chi connectivity index (χ2n) is 6.98. The Morgan fingerprint density at radius 3 is 1.25 bits per heavy atom. The van der Waals surface area contributed by atoms with Gasteiger partial charge in [0.2, 0.25) is 0 Å². The molecular formula is C24H28N4. The summed E-state index contributed by atoms with van der Waals surface area (Å²) < 4.78 is 0. The fourth-order valence-electron chi connectivity index (χ4n) is 3.21. The van der Waals surface area contributed by atoms with E-state index in [-0.39, 0.29) is 0 Å². The minimum atomic E-state index is 0.687. The van der Waals surface area contributed by atoms with Crippen molar-refractivity contribution in [3.05, 3.63) is 71.8 Å². The zero-order valence-corrected chi connectivity index (χ0v) is 16.8. The molecular weight excluding hydrogens is 344 g/mol. The second-order valence-corrected chi connectivity index (χ2v) is 6.98. The fourth-order valence-corrected chi connectivity index (χ4v) is 3.21. The maximum atomic E-state index is 4.84. The van der Waals surface area contributed by atoms with Crippen molar-refractivity contribution in [1.82, 2.24) is 0 Å². The molecule has 0 amide bonds. The first-order valence-corrected chi connectivity index (χ1v) is 9.89. The zero-order valence-electron chi connectivity index (χ0n) is 16.8. The van der Waals surface area contributed by atoms with Gasteiger partial charge in [0.25, 0.3) is 0 Å². The van der Waals surface area contributed by atoms with E-state index in [2.05, 4.69) is 62.4 Å². The minimum Gasteiger partial charge on any atom is -0.292 e. The lowest BCUT2D eigenvalue weighted by atomic mass is 10.0. The van der Waals surface area contributed by atoms with Gasteiger partial charge in [-0.2, -0.15) is 0 Å². The van der Waals surface area contributed by atoms with Crippen LogP contribution >= 0.6 is 0 Å². The predicted molar refractivity (Wildman–Crippen MR) is 121 cm³/mol. The summed E-state index contributed by atoms with van der Waals surface area (Å²) in [4.78, 5) is 19.1. The first-order chi connectivity index (χ1) is 13.7. The molecule has 0 fully saturated rings. The number of aliphatic imine (C=N–C) groups is 4. The van der Waals surface area contributed by atoms with Gasteiger partial charge in [0.1, 0.15) is 0 Å². The molecule has 0 aromatic heterocycles. The first-order valence-electron chi connectivity index (χ1n) is 9.89.